The molecule has 0 spiro atoms. The molecule has 4 heteroatoms. The van der Waals surface area contributed by atoms with Crippen LogP contribution in [0.3, 0.4) is 0 Å². The monoisotopic (exact) mass is 222 g/mol. The minimum Gasteiger partial charge on any atom is -0.464 e. The fourth-order valence-electron chi connectivity index (χ4n) is 1.37. The van der Waals surface area contributed by atoms with Crippen LogP contribution in [0.25, 0.3) is 0 Å². The van der Waals surface area contributed by atoms with Gasteiger partial charge in [-0.15, -0.1) is 0 Å². The maximum Gasteiger partial charge on any atom is 0.422 e. The van der Waals surface area contributed by atoms with Gasteiger partial charge in [0.1, 0.15) is 0 Å². The van der Waals surface area contributed by atoms with E-state index >= 15 is 0 Å². The van der Waals surface area contributed by atoms with E-state index in [1.165, 1.54) is 5.01 Å². The second-order valence-electron chi connectivity index (χ2n) is 3.73. The Hall–Kier alpha value is -1.55. The molecule has 0 aliphatic rings. The highest BCUT2D eigenvalue weighted by atomic mass is 16.4. The lowest BCUT2D eigenvalue weighted by molar-refractivity contribution is 0.0942. The smallest absolute Gasteiger partial charge is 0.422 e. The van der Waals surface area contributed by atoms with E-state index < -0.39 is 6.09 Å². The summed E-state index contributed by atoms with van der Waals surface area (Å²) >= 11 is 0. The van der Waals surface area contributed by atoms with Gasteiger partial charge < -0.3 is 5.11 Å². The van der Waals surface area contributed by atoms with Crippen molar-refractivity contribution >= 4 is 6.09 Å². The predicted octanol–water partition coefficient (Wildman–Crippen LogP) is 2.47. The Balaban J connectivity index is 2.54. The Labute approximate surface area is 95.9 Å². The van der Waals surface area contributed by atoms with Gasteiger partial charge in [-0.1, -0.05) is 37.3 Å². The third kappa shape index (κ3) is 3.55. The van der Waals surface area contributed by atoms with Gasteiger partial charge in [0.15, 0.2) is 0 Å². The molecule has 4 nitrogen and oxygen atoms in total. The second kappa shape index (κ2) is 6.12. The quantitative estimate of drug-likeness (QED) is 0.752. The Morgan fingerprint density at radius 1 is 1.44 bits per heavy atom. The van der Waals surface area contributed by atoms with Crippen LogP contribution in [0.4, 0.5) is 4.79 Å². The summed E-state index contributed by atoms with van der Waals surface area (Å²) in [4.78, 5) is 11.0. The molecule has 0 bridgehead atoms. The van der Waals surface area contributed by atoms with E-state index in [2.05, 4.69) is 5.43 Å². The average Bonchev–Trinajstić information content (AvgIpc) is 2.30. The molecule has 0 fully saturated rings. The van der Waals surface area contributed by atoms with Gasteiger partial charge in [-0.25, -0.2) is 15.2 Å². The minimum atomic E-state index is -0.940. The molecule has 1 aromatic rings. The normalized spacial score (nSPS) is 12.1. The van der Waals surface area contributed by atoms with Crippen LogP contribution in [0.5, 0.6) is 0 Å². The number of carboxylic acid groups (broad SMARTS) is 1. The molecule has 1 amide bonds. The fourth-order valence-corrected chi connectivity index (χ4v) is 1.37. The van der Waals surface area contributed by atoms with Crippen LogP contribution < -0.4 is 5.43 Å². The number of hydrazine groups is 1. The highest BCUT2D eigenvalue weighted by Crippen LogP contribution is 2.03. The van der Waals surface area contributed by atoms with E-state index in [-0.39, 0.29) is 6.04 Å². The minimum absolute atomic E-state index is 0.0267. The molecule has 1 rings (SSSR count). The summed E-state index contributed by atoms with van der Waals surface area (Å²) in [7, 11) is 0. The van der Waals surface area contributed by atoms with Crippen LogP contribution in [-0.4, -0.2) is 22.3 Å². The fraction of sp³-hybridized carbons (Fsp3) is 0.417. The van der Waals surface area contributed by atoms with Gasteiger partial charge >= 0.3 is 6.09 Å². The van der Waals surface area contributed by atoms with E-state index in [1.54, 1.807) is 0 Å². The average molecular weight is 222 g/mol. The van der Waals surface area contributed by atoms with Gasteiger partial charge in [0.25, 0.3) is 0 Å². The van der Waals surface area contributed by atoms with Crippen molar-refractivity contribution in [1.82, 2.24) is 10.4 Å². The highest BCUT2D eigenvalue weighted by Gasteiger charge is 2.16. The van der Waals surface area contributed by atoms with Crippen molar-refractivity contribution in [2.75, 3.05) is 0 Å². The molecular formula is C12H18N2O2. The first-order valence-electron chi connectivity index (χ1n) is 5.44. The van der Waals surface area contributed by atoms with E-state index in [0.29, 0.717) is 6.54 Å². The van der Waals surface area contributed by atoms with Crippen molar-refractivity contribution in [2.45, 2.75) is 32.9 Å². The van der Waals surface area contributed by atoms with Gasteiger partial charge in [-0.3, -0.25) is 0 Å². The molecule has 1 aromatic carbocycles. The maximum atomic E-state index is 11.0. The largest absolute Gasteiger partial charge is 0.464 e. The van der Waals surface area contributed by atoms with Crippen LogP contribution in [0, 0.1) is 0 Å². The second-order valence-corrected chi connectivity index (χ2v) is 3.73. The Morgan fingerprint density at radius 3 is 2.56 bits per heavy atom. The van der Waals surface area contributed by atoms with Gasteiger partial charge in [0.2, 0.25) is 0 Å². The molecule has 1 atom stereocenters. The summed E-state index contributed by atoms with van der Waals surface area (Å²) < 4.78 is 0. The number of nitrogens with zero attached hydrogens (tertiary/aromatic N) is 1. The topological polar surface area (TPSA) is 52.6 Å². The summed E-state index contributed by atoms with van der Waals surface area (Å²) in [5.41, 5.74) is 3.99. The van der Waals surface area contributed by atoms with Crippen molar-refractivity contribution in [3.8, 4) is 0 Å². The summed E-state index contributed by atoms with van der Waals surface area (Å²) in [5, 5.41) is 10.3. The molecule has 2 N–H and O–H groups in total. The van der Waals surface area contributed by atoms with Gasteiger partial charge in [-0.05, 0) is 18.9 Å². The van der Waals surface area contributed by atoms with E-state index in [1.807, 2.05) is 44.2 Å². The predicted molar refractivity (Wildman–Crippen MR) is 62.9 cm³/mol. The van der Waals surface area contributed by atoms with Crippen LogP contribution in [0.2, 0.25) is 0 Å². The SMILES string of the molecule is CC[C@@H](C)N(NCc1ccccc1)C(=O)O. The third-order valence-corrected chi connectivity index (χ3v) is 2.53. The molecule has 0 saturated carbocycles. The Kier molecular flexibility index (Phi) is 4.79. The molecule has 0 aliphatic heterocycles. The number of benzene rings is 1. The van der Waals surface area contributed by atoms with Crippen LogP contribution >= 0.6 is 0 Å². The Bertz CT molecular complexity index is 327. The van der Waals surface area contributed by atoms with Crippen LogP contribution in [0.1, 0.15) is 25.8 Å². The molecule has 0 aromatic heterocycles. The highest BCUT2D eigenvalue weighted by molar-refractivity contribution is 5.64. The number of nitrogens with one attached hydrogen (secondary N) is 1. The zero-order valence-electron chi connectivity index (χ0n) is 9.68. The first-order chi connectivity index (χ1) is 7.65. The number of hydrogen-bond acceptors (Lipinski definition) is 2. The lowest BCUT2D eigenvalue weighted by Gasteiger charge is -2.26. The number of carbonyl (C=O) groups is 1. The molecule has 0 unspecified atom stereocenters. The standard InChI is InChI=1S/C12H18N2O2/c1-3-10(2)14(12(15)16)13-9-11-7-5-4-6-8-11/h4-8,10,13H,3,9H2,1-2H3,(H,15,16)/t10-/m1/s1. The van der Waals surface area contributed by atoms with Gasteiger partial charge in [0, 0.05) is 12.6 Å². The molecule has 16 heavy (non-hydrogen) atoms. The van der Waals surface area contributed by atoms with Crippen molar-refractivity contribution in [3.63, 3.8) is 0 Å². The van der Waals surface area contributed by atoms with E-state index in [0.717, 1.165) is 12.0 Å². The van der Waals surface area contributed by atoms with Crippen molar-refractivity contribution in [3.05, 3.63) is 35.9 Å². The molecule has 88 valence electrons. The zero-order valence-corrected chi connectivity index (χ0v) is 9.68. The molecule has 0 heterocycles. The van der Waals surface area contributed by atoms with E-state index in [9.17, 15) is 4.79 Å². The summed E-state index contributed by atoms with van der Waals surface area (Å²) in [6.45, 7) is 4.37. The molecule has 0 saturated heterocycles. The molecular weight excluding hydrogens is 204 g/mol. The molecule has 0 aliphatic carbocycles. The lowest BCUT2D eigenvalue weighted by atomic mass is 10.2. The summed E-state index contributed by atoms with van der Waals surface area (Å²) in [6, 6.07) is 9.71. The summed E-state index contributed by atoms with van der Waals surface area (Å²) in [6.07, 6.45) is -0.154. The van der Waals surface area contributed by atoms with Crippen LogP contribution in [0.15, 0.2) is 30.3 Å². The maximum absolute atomic E-state index is 11.0. The first kappa shape index (κ1) is 12.5. The van der Waals surface area contributed by atoms with Gasteiger partial charge in [0.05, 0.1) is 0 Å². The number of amides is 1. The summed E-state index contributed by atoms with van der Waals surface area (Å²) in [5.74, 6) is 0. The van der Waals surface area contributed by atoms with Crippen molar-refractivity contribution in [2.24, 2.45) is 0 Å². The third-order valence-electron chi connectivity index (χ3n) is 2.53. The van der Waals surface area contributed by atoms with E-state index in [4.69, 9.17) is 5.11 Å². The number of rotatable bonds is 5. The Morgan fingerprint density at radius 2 is 2.06 bits per heavy atom. The molecule has 0 radical (unpaired) electrons. The van der Waals surface area contributed by atoms with Crippen molar-refractivity contribution in [1.29, 1.82) is 0 Å². The van der Waals surface area contributed by atoms with Gasteiger partial charge in [-0.2, -0.15) is 0 Å². The van der Waals surface area contributed by atoms with Crippen molar-refractivity contribution < 1.29 is 9.90 Å². The number of hydrogen-bond donors (Lipinski definition) is 2. The zero-order chi connectivity index (χ0) is 12.0. The first-order valence-corrected chi connectivity index (χ1v) is 5.44. The van der Waals surface area contributed by atoms with Crippen LogP contribution in [-0.2, 0) is 6.54 Å². The lowest BCUT2D eigenvalue weighted by Crippen LogP contribution is -2.47.